The third-order valence-corrected chi connectivity index (χ3v) is 6.25. The summed E-state index contributed by atoms with van der Waals surface area (Å²) < 4.78 is 5.95. The average Bonchev–Trinajstić information content (AvgIpc) is 3.61. The molecule has 3 aromatic carbocycles. The molecule has 8 nitrogen and oxygen atoms in total. The number of amides is 1. The summed E-state index contributed by atoms with van der Waals surface area (Å²) in [6.45, 7) is 2.72. The maximum absolute atomic E-state index is 12.8. The number of aromatic nitrogens is 4. The van der Waals surface area contributed by atoms with Gasteiger partial charge in [-0.2, -0.15) is 5.21 Å². The predicted octanol–water partition coefficient (Wildman–Crippen LogP) is 3.73. The molecule has 0 saturated carbocycles. The molecule has 1 aliphatic rings. The fourth-order valence-electron chi connectivity index (χ4n) is 4.34. The van der Waals surface area contributed by atoms with Gasteiger partial charge in [0.15, 0.2) is 0 Å². The number of hydrogen-bond donors (Lipinski definition) is 2. The van der Waals surface area contributed by atoms with Crippen molar-refractivity contribution in [1.82, 2.24) is 30.8 Å². The number of likely N-dealkylation sites (tertiary alicyclic amines) is 1. The van der Waals surface area contributed by atoms with Crippen LogP contribution < -0.4 is 10.1 Å². The van der Waals surface area contributed by atoms with Crippen molar-refractivity contribution in [2.24, 2.45) is 0 Å². The quantitative estimate of drug-likeness (QED) is 0.389. The second-order valence-electron chi connectivity index (χ2n) is 8.70. The highest BCUT2D eigenvalue weighted by molar-refractivity contribution is 5.82. The summed E-state index contributed by atoms with van der Waals surface area (Å²) in [6, 6.07) is 26.0. The summed E-state index contributed by atoms with van der Waals surface area (Å²) in [6.07, 6.45) is 1.93. The second kappa shape index (κ2) is 10.9. The smallest absolute Gasteiger partial charge is 0.237 e. The van der Waals surface area contributed by atoms with E-state index in [2.05, 4.69) is 43.0 Å². The first-order valence-electron chi connectivity index (χ1n) is 11.8. The van der Waals surface area contributed by atoms with Gasteiger partial charge in [0.25, 0.3) is 0 Å². The summed E-state index contributed by atoms with van der Waals surface area (Å²) in [5.74, 6) is 1.49. The topological polar surface area (TPSA) is 96.0 Å². The van der Waals surface area contributed by atoms with Gasteiger partial charge in [-0.1, -0.05) is 66.7 Å². The highest BCUT2D eigenvalue weighted by Crippen LogP contribution is 2.22. The Bertz CT molecular complexity index is 1210. The summed E-state index contributed by atoms with van der Waals surface area (Å²) in [5.41, 5.74) is 4.25. The Kier molecular flexibility index (Phi) is 7.10. The number of ether oxygens (including phenoxy) is 1. The molecular weight excluding hydrogens is 440 g/mol. The average molecular weight is 469 g/mol. The number of carbonyl (C=O) groups is 1. The lowest BCUT2D eigenvalue weighted by molar-refractivity contribution is -0.125. The summed E-state index contributed by atoms with van der Waals surface area (Å²) >= 11 is 0. The molecule has 1 amide bonds. The Morgan fingerprint density at radius 1 is 0.971 bits per heavy atom. The predicted molar refractivity (Wildman–Crippen MR) is 132 cm³/mol. The molecule has 1 saturated heterocycles. The van der Waals surface area contributed by atoms with Gasteiger partial charge in [0, 0.05) is 18.7 Å². The molecule has 0 spiro atoms. The molecular formula is C27H28N6O2. The van der Waals surface area contributed by atoms with Crippen LogP contribution in [0.4, 0.5) is 0 Å². The SMILES string of the molecule is O=C(NCc1ccccc1)[C@@H]1CCCN1Cc1ccc(OCc2ccc(-c3nn[nH]n3)cc2)cc1. The van der Waals surface area contributed by atoms with E-state index >= 15 is 0 Å². The lowest BCUT2D eigenvalue weighted by atomic mass is 10.1. The standard InChI is InChI=1S/C27H28N6O2/c34-27(28-17-20-5-2-1-3-6-20)25-7-4-16-33(25)18-21-10-14-24(15-11-21)35-19-22-8-12-23(13-9-22)26-29-31-32-30-26/h1-3,5-6,8-15,25H,4,7,16-19H2,(H,28,34)(H,29,30,31,32)/t25-/m0/s1. The fourth-order valence-corrected chi connectivity index (χ4v) is 4.34. The molecule has 0 unspecified atom stereocenters. The van der Waals surface area contributed by atoms with Crippen molar-refractivity contribution in [3.8, 4) is 17.1 Å². The van der Waals surface area contributed by atoms with Crippen LogP contribution in [0.15, 0.2) is 78.9 Å². The maximum Gasteiger partial charge on any atom is 0.237 e. The van der Waals surface area contributed by atoms with Gasteiger partial charge in [0.05, 0.1) is 6.04 Å². The van der Waals surface area contributed by atoms with Crippen molar-refractivity contribution < 1.29 is 9.53 Å². The molecule has 1 aliphatic heterocycles. The van der Waals surface area contributed by atoms with Crippen molar-refractivity contribution in [3.63, 3.8) is 0 Å². The van der Waals surface area contributed by atoms with E-state index in [0.29, 0.717) is 19.0 Å². The van der Waals surface area contributed by atoms with Crippen LogP contribution in [0, 0.1) is 0 Å². The molecule has 2 heterocycles. The number of tetrazole rings is 1. The van der Waals surface area contributed by atoms with E-state index in [0.717, 1.165) is 48.4 Å². The van der Waals surface area contributed by atoms with E-state index in [1.54, 1.807) is 0 Å². The fraction of sp³-hybridized carbons (Fsp3) is 0.259. The summed E-state index contributed by atoms with van der Waals surface area (Å²) in [5, 5.41) is 17.1. The van der Waals surface area contributed by atoms with E-state index in [4.69, 9.17) is 4.74 Å². The number of hydrogen-bond acceptors (Lipinski definition) is 6. The normalized spacial score (nSPS) is 15.7. The van der Waals surface area contributed by atoms with Crippen LogP contribution in [0.2, 0.25) is 0 Å². The van der Waals surface area contributed by atoms with E-state index in [9.17, 15) is 4.79 Å². The minimum atomic E-state index is -0.0786. The van der Waals surface area contributed by atoms with Crippen molar-refractivity contribution in [2.75, 3.05) is 6.54 Å². The molecule has 4 aromatic rings. The van der Waals surface area contributed by atoms with Crippen molar-refractivity contribution in [1.29, 1.82) is 0 Å². The number of carbonyl (C=O) groups excluding carboxylic acids is 1. The lowest BCUT2D eigenvalue weighted by Crippen LogP contribution is -2.42. The summed E-state index contributed by atoms with van der Waals surface area (Å²) in [4.78, 5) is 15.1. The van der Waals surface area contributed by atoms with Crippen LogP contribution in [-0.2, 0) is 24.5 Å². The van der Waals surface area contributed by atoms with Gasteiger partial charge >= 0.3 is 0 Å². The lowest BCUT2D eigenvalue weighted by Gasteiger charge is -2.24. The third kappa shape index (κ3) is 5.91. The van der Waals surface area contributed by atoms with Crippen molar-refractivity contribution in [2.45, 2.75) is 38.6 Å². The van der Waals surface area contributed by atoms with E-state index in [-0.39, 0.29) is 11.9 Å². The van der Waals surface area contributed by atoms with Gasteiger partial charge in [0.1, 0.15) is 12.4 Å². The number of H-pyrrole nitrogens is 1. The van der Waals surface area contributed by atoms with Crippen LogP contribution in [-0.4, -0.2) is 44.0 Å². The van der Waals surface area contributed by atoms with Gasteiger partial charge in [-0.3, -0.25) is 9.69 Å². The minimum Gasteiger partial charge on any atom is -0.489 e. The highest BCUT2D eigenvalue weighted by atomic mass is 16.5. The second-order valence-corrected chi connectivity index (χ2v) is 8.70. The van der Waals surface area contributed by atoms with Crippen molar-refractivity contribution >= 4 is 5.91 Å². The molecule has 35 heavy (non-hydrogen) atoms. The van der Waals surface area contributed by atoms with E-state index in [1.165, 1.54) is 5.56 Å². The summed E-state index contributed by atoms with van der Waals surface area (Å²) in [7, 11) is 0. The Morgan fingerprint density at radius 2 is 1.74 bits per heavy atom. The molecule has 5 rings (SSSR count). The highest BCUT2D eigenvalue weighted by Gasteiger charge is 2.30. The molecule has 0 bridgehead atoms. The minimum absolute atomic E-state index is 0.0786. The van der Waals surface area contributed by atoms with Crippen LogP contribution >= 0.6 is 0 Å². The van der Waals surface area contributed by atoms with Gasteiger partial charge in [-0.15, -0.1) is 10.2 Å². The Hall–Kier alpha value is -4.04. The van der Waals surface area contributed by atoms with Gasteiger partial charge < -0.3 is 10.1 Å². The van der Waals surface area contributed by atoms with Gasteiger partial charge in [-0.05, 0) is 53.4 Å². The maximum atomic E-state index is 12.8. The Labute approximate surface area is 204 Å². The number of nitrogens with one attached hydrogen (secondary N) is 2. The molecule has 0 aliphatic carbocycles. The zero-order chi connectivity index (χ0) is 23.9. The Morgan fingerprint density at radius 3 is 2.49 bits per heavy atom. The first kappa shape index (κ1) is 22.7. The monoisotopic (exact) mass is 468 g/mol. The molecule has 8 heteroatoms. The van der Waals surface area contributed by atoms with Crippen LogP contribution in [0.3, 0.4) is 0 Å². The number of nitrogens with zero attached hydrogens (tertiary/aromatic N) is 4. The first-order valence-corrected chi connectivity index (χ1v) is 11.8. The molecule has 1 aromatic heterocycles. The molecule has 2 N–H and O–H groups in total. The first-order chi connectivity index (χ1) is 17.2. The zero-order valence-electron chi connectivity index (χ0n) is 19.4. The van der Waals surface area contributed by atoms with Gasteiger partial charge in [-0.25, -0.2) is 0 Å². The largest absolute Gasteiger partial charge is 0.489 e. The van der Waals surface area contributed by atoms with Crippen LogP contribution in [0.1, 0.15) is 29.5 Å². The van der Waals surface area contributed by atoms with E-state index in [1.807, 2.05) is 66.7 Å². The molecule has 1 fully saturated rings. The number of benzene rings is 3. The number of rotatable bonds is 9. The zero-order valence-corrected chi connectivity index (χ0v) is 19.4. The molecule has 178 valence electrons. The van der Waals surface area contributed by atoms with Crippen molar-refractivity contribution in [3.05, 3.63) is 95.6 Å². The number of aromatic amines is 1. The van der Waals surface area contributed by atoms with Gasteiger partial charge in [0.2, 0.25) is 11.7 Å². The molecule has 1 atom stereocenters. The van der Waals surface area contributed by atoms with Crippen LogP contribution in [0.5, 0.6) is 5.75 Å². The molecule has 0 radical (unpaired) electrons. The van der Waals surface area contributed by atoms with E-state index < -0.39 is 0 Å². The third-order valence-electron chi connectivity index (χ3n) is 6.25. The Balaban J connectivity index is 1.11. The van der Waals surface area contributed by atoms with Crippen LogP contribution in [0.25, 0.3) is 11.4 Å².